The quantitative estimate of drug-likeness (QED) is 0.618. The molecule has 0 atom stereocenters. The molecule has 1 heterocycles. The predicted molar refractivity (Wildman–Crippen MR) is 87.3 cm³/mol. The highest BCUT2D eigenvalue weighted by atomic mass is 14.9. The Bertz CT molecular complexity index is 728. The minimum Gasteiger partial charge on any atom is -0.385 e. The molecule has 0 unspecified atom stereocenters. The van der Waals surface area contributed by atoms with Crippen LogP contribution in [0.4, 0.5) is 5.69 Å². The molecule has 0 aliphatic rings. The lowest BCUT2D eigenvalue weighted by Gasteiger charge is -2.05. The molecule has 0 saturated heterocycles. The van der Waals surface area contributed by atoms with E-state index in [1.807, 2.05) is 0 Å². The van der Waals surface area contributed by atoms with E-state index in [9.17, 15) is 0 Å². The summed E-state index contributed by atoms with van der Waals surface area (Å²) in [6, 6.07) is 13.0. The van der Waals surface area contributed by atoms with Gasteiger partial charge in [0.05, 0.1) is 0 Å². The molecule has 3 heteroatoms. The third-order valence-electron chi connectivity index (χ3n) is 3.81. The Balaban J connectivity index is 2.04. The molecule has 0 aliphatic heterocycles. The summed E-state index contributed by atoms with van der Waals surface area (Å²) >= 11 is 0. The normalized spacial score (nSPS) is 11.3. The first-order valence-corrected chi connectivity index (χ1v) is 7.30. The largest absolute Gasteiger partial charge is 0.385 e. The van der Waals surface area contributed by atoms with E-state index in [1.165, 1.54) is 27.4 Å². The number of fused-ring (bicyclic) bond motifs is 3. The highest BCUT2D eigenvalue weighted by molar-refractivity contribution is 6.08. The first-order chi connectivity index (χ1) is 9.83. The second kappa shape index (κ2) is 5.55. The van der Waals surface area contributed by atoms with Gasteiger partial charge >= 0.3 is 0 Å². The van der Waals surface area contributed by atoms with Crippen LogP contribution in [0.25, 0.3) is 21.8 Å². The van der Waals surface area contributed by atoms with Gasteiger partial charge in [-0.1, -0.05) is 31.2 Å². The molecule has 3 nitrogen and oxygen atoms in total. The van der Waals surface area contributed by atoms with Crippen LogP contribution in [0.3, 0.4) is 0 Å². The Hall–Kier alpha value is -2.00. The maximum absolute atomic E-state index is 5.52. The fourth-order valence-corrected chi connectivity index (χ4v) is 2.73. The molecule has 0 amide bonds. The second-order valence-electron chi connectivity index (χ2n) is 5.15. The molecule has 20 heavy (non-hydrogen) atoms. The Kier molecular flexibility index (Phi) is 3.61. The van der Waals surface area contributed by atoms with Crippen molar-refractivity contribution in [3.63, 3.8) is 0 Å². The molecule has 3 rings (SSSR count). The van der Waals surface area contributed by atoms with Crippen molar-refractivity contribution in [3.8, 4) is 0 Å². The maximum atomic E-state index is 5.52. The van der Waals surface area contributed by atoms with Crippen LogP contribution < -0.4 is 11.1 Å². The van der Waals surface area contributed by atoms with Gasteiger partial charge in [-0.05, 0) is 37.1 Å². The third kappa shape index (κ3) is 2.25. The van der Waals surface area contributed by atoms with Gasteiger partial charge < -0.3 is 16.0 Å². The van der Waals surface area contributed by atoms with E-state index in [0.29, 0.717) is 0 Å². The highest BCUT2D eigenvalue weighted by Crippen LogP contribution is 2.29. The number of nitrogens with two attached hydrogens (primary N) is 1. The molecule has 0 aliphatic carbocycles. The maximum Gasteiger partial charge on any atom is 0.0497 e. The Labute approximate surface area is 119 Å². The van der Waals surface area contributed by atoms with Crippen LogP contribution in [0.5, 0.6) is 0 Å². The minimum atomic E-state index is 0.724. The summed E-state index contributed by atoms with van der Waals surface area (Å²) in [7, 11) is 0. The zero-order chi connectivity index (χ0) is 13.9. The van der Waals surface area contributed by atoms with E-state index < -0.39 is 0 Å². The van der Waals surface area contributed by atoms with E-state index in [1.54, 1.807) is 0 Å². The van der Waals surface area contributed by atoms with E-state index in [0.717, 1.165) is 31.6 Å². The number of H-pyrrole nitrogens is 1. The van der Waals surface area contributed by atoms with Crippen molar-refractivity contribution in [2.75, 3.05) is 18.4 Å². The first-order valence-electron chi connectivity index (χ1n) is 7.30. The number of aryl methyl sites for hydroxylation is 1. The lowest BCUT2D eigenvalue weighted by molar-refractivity contribution is 0.874. The Morgan fingerprint density at radius 2 is 2.05 bits per heavy atom. The van der Waals surface area contributed by atoms with Gasteiger partial charge in [-0.25, -0.2) is 0 Å². The van der Waals surface area contributed by atoms with Gasteiger partial charge in [0.1, 0.15) is 0 Å². The van der Waals surface area contributed by atoms with Crippen molar-refractivity contribution in [2.45, 2.75) is 19.8 Å². The van der Waals surface area contributed by atoms with Crippen LogP contribution in [0.1, 0.15) is 18.9 Å². The summed E-state index contributed by atoms with van der Waals surface area (Å²) in [6.07, 6.45) is 2.04. The smallest absolute Gasteiger partial charge is 0.0497 e. The molecule has 0 saturated carbocycles. The van der Waals surface area contributed by atoms with Crippen LogP contribution >= 0.6 is 0 Å². The van der Waals surface area contributed by atoms with Crippen LogP contribution in [0.2, 0.25) is 0 Å². The zero-order valence-electron chi connectivity index (χ0n) is 11.9. The van der Waals surface area contributed by atoms with Crippen LogP contribution in [0, 0.1) is 0 Å². The summed E-state index contributed by atoms with van der Waals surface area (Å²) in [5.41, 5.74) is 10.5. The van der Waals surface area contributed by atoms with Gasteiger partial charge in [-0.15, -0.1) is 0 Å². The van der Waals surface area contributed by atoms with Crippen LogP contribution in [0.15, 0.2) is 36.4 Å². The summed E-state index contributed by atoms with van der Waals surface area (Å²) in [6.45, 7) is 3.84. The zero-order valence-corrected chi connectivity index (χ0v) is 11.9. The standard InChI is InChI=1S/C17H21N3/c1-2-12-5-3-6-15-14-8-7-13(19-10-4-9-18)11-16(14)20-17(12)15/h3,5-8,11,19-20H,2,4,9-10,18H2,1H3. The molecular formula is C17H21N3. The molecule has 0 spiro atoms. The summed E-state index contributed by atoms with van der Waals surface area (Å²) < 4.78 is 0. The number of para-hydroxylation sites is 1. The van der Waals surface area contributed by atoms with Crippen molar-refractivity contribution in [1.82, 2.24) is 4.98 Å². The topological polar surface area (TPSA) is 53.8 Å². The molecule has 0 radical (unpaired) electrons. The lowest BCUT2D eigenvalue weighted by Crippen LogP contribution is -2.08. The summed E-state index contributed by atoms with van der Waals surface area (Å²) in [4.78, 5) is 3.56. The number of nitrogens with one attached hydrogen (secondary N) is 2. The minimum absolute atomic E-state index is 0.724. The Morgan fingerprint density at radius 1 is 1.15 bits per heavy atom. The number of anilines is 1. The highest BCUT2D eigenvalue weighted by Gasteiger charge is 2.07. The van der Waals surface area contributed by atoms with Crippen LogP contribution in [-0.2, 0) is 6.42 Å². The predicted octanol–water partition coefficient (Wildman–Crippen LogP) is 3.64. The van der Waals surface area contributed by atoms with Gasteiger partial charge in [0.15, 0.2) is 0 Å². The fraction of sp³-hybridized carbons (Fsp3) is 0.294. The molecule has 4 N–H and O–H groups in total. The van der Waals surface area contributed by atoms with Crippen LogP contribution in [-0.4, -0.2) is 18.1 Å². The molecule has 3 aromatic rings. The molecule has 0 fully saturated rings. The monoisotopic (exact) mass is 267 g/mol. The molecule has 104 valence electrons. The first kappa shape index (κ1) is 13.0. The van der Waals surface area contributed by atoms with Crippen molar-refractivity contribution in [1.29, 1.82) is 0 Å². The van der Waals surface area contributed by atoms with Gasteiger partial charge in [0, 0.05) is 34.0 Å². The molecule has 0 bridgehead atoms. The fourth-order valence-electron chi connectivity index (χ4n) is 2.73. The number of rotatable bonds is 5. The van der Waals surface area contributed by atoms with Gasteiger partial charge in [0.2, 0.25) is 0 Å². The van der Waals surface area contributed by atoms with Crippen molar-refractivity contribution >= 4 is 27.5 Å². The summed E-state index contributed by atoms with van der Waals surface area (Å²) in [5.74, 6) is 0. The third-order valence-corrected chi connectivity index (χ3v) is 3.81. The number of aromatic nitrogens is 1. The number of aromatic amines is 1. The summed E-state index contributed by atoms with van der Waals surface area (Å²) in [5, 5.41) is 6.01. The van der Waals surface area contributed by atoms with Crippen molar-refractivity contribution in [2.24, 2.45) is 5.73 Å². The number of hydrogen-bond donors (Lipinski definition) is 3. The molecule has 2 aromatic carbocycles. The number of benzene rings is 2. The average molecular weight is 267 g/mol. The average Bonchev–Trinajstić information content (AvgIpc) is 2.85. The Morgan fingerprint density at radius 3 is 2.85 bits per heavy atom. The van der Waals surface area contributed by atoms with E-state index >= 15 is 0 Å². The molecule has 1 aromatic heterocycles. The van der Waals surface area contributed by atoms with Crippen molar-refractivity contribution < 1.29 is 0 Å². The van der Waals surface area contributed by atoms with Gasteiger partial charge in [0.25, 0.3) is 0 Å². The molecular weight excluding hydrogens is 246 g/mol. The lowest BCUT2D eigenvalue weighted by atomic mass is 10.1. The number of hydrogen-bond acceptors (Lipinski definition) is 2. The SMILES string of the molecule is CCc1cccc2c1[nH]c1cc(NCCCN)ccc12. The van der Waals surface area contributed by atoms with E-state index in [2.05, 4.69) is 53.6 Å². The van der Waals surface area contributed by atoms with Crippen molar-refractivity contribution in [3.05, 3.63) is 42.0 Å². The second-order valence-corrected chi connectivity index (χ2v) is 5.15. The van der Waals surface area contributed by atoms with Gasteiger partial charge in [-0.3, -0.25) is 0 Å². The van der Waals surface area contributed by atoms with E-state index in [4.69, 9.17) is 5.73 Å². The van der Waals surface area contributed by atoms with E-state index in [-0.39, 0.29) is 0 Å². The van der Waals surface area contributed by atoms with Gasteiger partial charge in [-0.2, -0.15) is 0 Å².